The quantitative estimate of drug-likeness (QED) is 0.443. The summed E-state index contributed by atoms with van der Waals surface area (Å²) in [5, 5.41) is 0. The Labute approximate surface area is 152 Å². The molecule has 0 heterocycles. The topological polar surface area (TPSA) is 26.3 Å². The molecule has 2 aromatic carbocycles. The smallest absolute Gasteiger partial charge is 0.338 e. The van der Waals surface area contributed by atoms with E-state index in [1.165, 1.54) is 5.56 Å². The van der Waals surface area contributed by atoms with Gasteiger partial charge in [0.25, 0.3) is 0 Å². The highest BCUT2D eigenvalue weighted by Crippen LogP contribution is 2.27. The van der Waals surface area contributed by atoms with Gasteiger partial charge in [-0.15, -0.1) is 0 Å². The summed E-state index contributed by atoms with van der Waals surface area (Å²) in [4.78, 5) is 12.4. The van der Waals surface area contributed by atoms with Gasteiger partial charge in [-0.25, -0.2) is 4.79 Å². The second-order valence-corrected chi connectivity index (χ2v) is 7.58. The van der Waals surface area contributed by atoms with E-state index < -0.39 is 5.60 Å². The minimum absolute atomic E-state index is 0.288. The van der Waals surface area contributed by atoms with Crippen LogP contribution >= 0.6 is 22.6 Å². The van der Waals surface area contributed by atoms with Gasteiger partial charge in [0.1, 0.15) is 5.60 Å². The zero-order chi connectivity index (χ0) is 17.0. The number of ether oxygens (including phenoxy) is 1. The molecule has 2 aromatic rings. The van der Waals surface area contributed by atoms with E-state index in [0.29, 0.717) is 11.5 Å². The summed E-state index contributed by atoms with van der Waals surface area (Å²) in [5.41, 5.74) is 2.18. The van der Waals surface area contributed by atoms with Gasteiger partial charge in [0, 0.05) is 3.57 Å². The standard InChI is InChI=1S/C20H23IO2/c1-5-14(2)15-6-8-16(9-7-15)19(22)23-20(3,4)17-10-12-18(21)13-11-17/h6-14H,5H2,1-4H3. The molecule has 0 bridgehead atoms. The first kappa shape index (κ1) is 18.0. The lowest BCUT2D eigenvalue weighted by Gasteiger charge is -2.26. The van der Waals surface area contributed by atoms with E-state index in [9.17, 15) is 4.79 Å². The number of hydrogen-bond acceptors (Lipinski definition) is 2. The molecule has 0 aliphatic heterocycles. The van der Waals surface area contributed by atoms with Crippen molar-refractivity contribution in [2.75, 3.05) is 0 Å². The molecule has 0 aliphatic carbocycles. The maximum Gasteiger partial charge on any atom is 0.338 e. The Morgan fingerprint density at radius 2 is 1.65 bits per heavy atom. The van der Waals surface area contributed by atoms with Gasteiger partial charge < -0.3 is 4.74 Å². The van der Waals surface area contributed by atoms with E-state index in [1.807, 2.05) is 62.4 Å². The highest BCUT2D eigenvalue weighted by Gasteiger charge is 2.26. The number of hydrogen-bond donors (Lipinski definition) is 0. The van der Waals surface area contributed by atoms with Crippen molar-refractivity contribution in [2.45, 2.75) is 45.6 Å². The van der Waals surface area contributed by atoms with E-state index in [-0.39, 0.29) is 5.97 Å². The second kappa shape index (κ2) is 7.47. The van der Waals surface area contributed by atoms with Crippen molar-refractivity contribution in [1.29, 1.82) is 0 Å². The lowest BCUT2D eigenvalue weighted by molar-refractivity contribution is -0.00313. The summed E-state index contributed by atoms with van der Waals surface area (Å²) in [6.45, 7) is 8.19. The Bertz CT molecular complexity index is 657. The third-order valence-electron chi connectivity index (χ3n) is 4.22. The molecule has 1 unspecified atom stereocenters. The molecule has 0 aliphatic rings. The van der Waals surface area contributed by atoms with Crippen molar-refractivity contribution in [3.63, 3.8) is 0 Å². The molecule has 23 heavy (non-hydrogen) atoms. The van der Waals surface area contributed by atoms with Gasteiger partial charge >= 0.3 is 5.97 Å². The van der Waals surface area contributed by atoms with E-state index >= 15 is 0 Å². The van der Waals surface area contributed by atoms with Crippen LogP contribution in [0.25, 0.3) is 0 Å². The normalized spacial score (nSPS) is 12.7. The van der Waals surface area contributed by atoms with Gasteiger partial charge in [-0.1, -0.05) is 38.1 Å². The van der Waals surface area contributed by atoms with Gasteiger partial charge in [0.05, 0.1) is 5.56 Å². The summed E-state index contributed by atoms with van der Waals surface area (Å²) in [6.07, 6.45) is 1.09. The van der Waals surface area contributed by atoms with Crippen LogP contribution in [0.4, 0.5) is 0 Å². The van der Waals surface area contributed by atoms with Crippen LogP contribution in [0, 0.1) is 3.57 Å². The van der Waals surface area contributed by atoms with E-state index in [2.05, 4.69) is 36.4 Å². The fraction of sp³-hybridized carbons (Fsp3) is 0.350. The lowest BCUT2D eigenvalue weighted by Crippen LogP contribution is -2.25. The molecule has 0 saturated carbocycles. The Morgan fingerprint density at radius 3 is 2.17 bits per heavy atom. The van der Waals surface area contributed by atoms with Gasteiger partial charge in [-0.05, 0) is 84.2 Å². The molecule has 0 radical (unpaired) electrons. The predicted molar refractivity (Wildman–Crippen MR) is 103 cm³/mol. The SMILES string of the molecule is CCC(C)c1ccc(C(=O)OC(C)(C)c2ccc(I)cc2)cc1. The van der Waals surface area contributed by atoms with Crippen LogP contribution in [0.3, 0.4) is 0 Å². The number of benzene rings is 2. The minimum Gasteiger partial charge on any atom is -0.451 e. The van der Waals surface area contributed by atoms with E-state index in [4.69, 9.17) is 4.74 Å². The largest absolute Gasteiger partial charge is 0.451 e. The maximum atomic E-state index is 12.4. The maximum absolute atomic E-state index is 12.4. The van der Waals surface area contributed by atoms with Crippen LogP contribution in [0.1, 0.15) is 61.5 Å². The molecule has 0 saturated heterocycles. The highest BCUT2D eigenvalue weighted by atomic mass is 127. The lowest BCUT2D eigenvalue weighted by atomic mass is 9.97. The Balaban J connectivity index is 2.12. The van der Waals surface area contributed by atoms with E-state index in [0.717, 1.165) is 15.6 Å². The summed E-state index contributed by atoms with van der Waals surface area (Å²) in [5.74, 6) is 0.215. The number of esters is 1. The minimum atomic E-state index is -0.656. The number of carbonyl (C=O) groups excluding carboxylic acids is 1. The van der Waals surface area contributed by atoms with Crippen LogP contribution in [-0.4, -0.2) is 5.97 Å². The van der Waals surface area contributed by atoms with Crippen LogP contribution in [0.2, 0.25) is 0 Å². The van der Waals surface area contributed by atoms with Crippen LogP contribution in [-0.2, 0) is 10.3 Å². The van der Waals surface area contributed by atoms with Crippen LogP contribution in [0.15, 0.2) is 48.5 Å². The third kappa shape index (κ3) is 4.56. The number of carbonyl (C=O) groups is 1. The van der Waals surface area contributed by atoms with Gasteiger partial charge in [-0.2, -0.15) is 0 Å². The average molecular weight is 422 g/mol. The Morgan fingerprint density at radius 1 is 1.09 bits per heavy atom. The van der Waals surface area contributed by atoms with Crippen molar-refractivity contribution in [2.24, 2.45) is 0 Å². The van der Waals surface area contributed by atoms with Crippen molar-refractivity contribution in [1.82, 2.24) is 0 Å². The molecule has 2 rings (SSSR count). The fourth-order valence-corrected chi connectivity index (χ4v) is 2.74. The van der Waals surface area contributed by atoms with Gasteiger partial charge in [-0.3, -0.25) is 0 Å². The molecule has 0 spiro atoms. The molecule has 0 amide bonds. The summed E-state index contributed by atoms with van der Waals surface area (Å²) < 4.78 is 6.90. The van der Waals surface area contributed by atoms with Crippen LogP contribution in [0.5, 0.6) is 0 Å². The average Bonchev–Trinajstić information content (AvgIpc) is 2.54. The zero-order valence-electron chi connectivity index (χ0n) is 14.1. The van der Waals surface area contributed by atoms with Crippen molar-refractivity contribution in [3.05, 3.63) is 68.8 Å². The van der Waals surface area contributed by atoms with Gasteiger partial charge in [0.2, 0.25) is 0 Å². The zero-order valence-corrected chi connectivity index (χ0v) is 16.3. The van der Waals surface area contributed by atoms with Crippen LogP contribution < -0.4 is 0 Å². The van der Waals surface area contributed by atoms with Gasteiger partial charge in [0.15, 0.2) is 0 Å². The van der Waals surface area contributed by atoms with E-state index in [1.54, 1.807) is 0 Å². The molecular formula is C20H23IO2. The molecule has 0 N–H and O–H groups in total. The number of rotatable bonds is 5. The fourth-order valence-electron chi connectivity index (χ4n) is 2.38. The molecule has 122 valence electrons. The third-order valence-corrected chi connectivity index (χ3v) is 4.93. The summed E-state index contributed by atoms with van der Waals surface area (Å²) in [7, 11) is 0. The predicted octanol–water partition coefficient (Wildman–Crippen LogP) is 5.90. The first-order valence-corrected chi connectivity index (χ1v) is 9.00. The second-order valence-electron chi connectivity index (χ2n) is 6.34. The van der Waals surface area contributed by atoms with Crippen molar-refractivity contribution >= 4 is 28.6 Å². The molecule has 0 fully saturated rings. The highest BCUT2D eigenvalue weighted by molar-refractivity contribution is 14.1. The Hall–Kier alpha value is -1.36. The molecule has 3 heteroatoms. The molecule has 0 aromatic heterocycles. The summed E-state index contributed by atoms with van der Waals surface area (Å²) >= 11 is 2.26. The molecule has 1 atom stereocenters. The molecule has 2 nitrogen and oxygen atoms in total. The monoisotopic (exact) mass is 422 g/mol. The van der Waals surface area contributed by atoms with Crippen molar-refractivity contribution in [3.8, 4) is 0 Å². The first-order chi connectivity index (χ1) is 10.8. The summed E-state index contributed by atoms with van der Waals surface area (Å²) in [6, 6.07) is 15.8. The molecular weight excluding hydrogens is 399 g/mol. The Kier molecular flexibility index (Phi) is 5.84. The number of halogens is 1. The van der Waals surface area contributed by atoms with Crippen molar-refractivity contribution < 1.29 is 9.53 Å². The first-order valence-electron chi connectivity index (χ1n) is 7.93.